The molecule has 0 aliphatic heterocycles. The minimum absolute atomic E-state index is 0.503. The van der Waals surface area contributed by atoms with Crippen LogP contribution >= 0.6 is 0 Å². The Hall–Kier alpha value is -3.17. The van der Waals surface area contributed by atoms with Gasteiger partial charge in [-0.15, -0.1) is 0 Å². The number of aryl methyl sites for hydroxylation is 2. The minimum Gasteiger partial charge on any atom is -0.389 e. The van der Waals surface area contributed by atoms with Crippen molar-refractivity contribution in [1.29, 1.82) is 0 Å². The lowest BCUT2D eigenvalue weighted by molar-refractivity contribution is 0.197. The summed E-state index contributed by atoms with van der Waals surface area (Å²) in [6.45, 7) is 5.97. The molecule has 3 heteroatoms. The van der Waals surface area contributed by atoms with E-state index in [9.17, 15) is 5.11 Å². The molecule has 0 aliphatic carbocycles. The summed E-state index contributed by atoms with van der Waals surface area (Å²) in [6, 6.07) is 27.3. The number of rotatable bonds is 5. The zero-order valence-electron chi connectivity index (χ0n) is 17.1. The topological polar surface area (TPSA) is 38.0 Å². The largest absolute Gasteiger partial charge is 0.389 e. The molecule has 1 N–H and O–H groups in total. The summed E-state index contributed by atoms with van der Waals surface area (Å²) in [4.78, 5) is 0. The average molecular weight is 383 g/mol. The Morgan fingerprint density at radius 3 is 1.72 bits per heavy atom. The molecule has 0 saturated heterocycles. The smallest absolute Gasteiger partial charge is 0.138 e. The minimum atomic E-state index is -0.612. The summed E-state index contributed by atoms with van der Waals surface area (Å²) in [5.74, 6) is 0. The molecular weight excluding hydrogens is 356 g/mol. The molecule has 0 saturated carbocycles. The highest BCUT2D eigenvalue weighted by atomic mass is 16.3. The molecule has 0 aliphatic rings. The zero-order chi connectivity index (χ0) is 20.4. The quantitative estimate of drug-likeness (QED) is 0.470. The molecular formula is C26H26N2O. The van der Waals surface area contributed by atoms with Crippen LogP contribution < -0.4 is 0 Å². The van der Waals surface area contributed by atoms with Crippen molar-refractivity contribution in [1.82, 2.24) is 9.78 Å². The molecule has 0 amide bonds. The first-order valence-corrected chi connectivity index (χ1v) is 9.96. The van der Waals surface area contributed by atoms with E-state index in [0.29, 0.717) is 0 Å². The summed E-state index contributed by atoms with van der Waals surface area (Å²) in [7, 11) is 0. The van der Waals surface area contributed by atoms with Gasteiger partial charge in [0.25, 0.3) is 0 Å². The summed E-state index contributed by atoms with van der Waals surface area (Å²) < 4.78 is 2.04. The van der Waals surface area contributed by atoms with Crippen molar-refractivity contribution in [3.05, 3.63) is 125 Å². The first-order valence-electron chi connectivity index (χ1n) is 9.96. The third kappa shape index (κ3) is 3.18. The molecule has 3 nitrogen and oxygen atoms in total. The summed E-state index contributed by atoms with van der Waals surface area (Å²) in [5, 5.41) is 15.0. The standard InChI is InChI=1S/C26H26N2O/c1-19-17-24(18-20(2)25(19)21(3)29)26(28-16-10-15-27-28,22-11-6-4-7-12-22)23-13-8-5-9-14-23/h4-18,21,29H,1-3H3. The van der Waals surface area contributed by atoms with Gasteiger partial charge in [0, 0.05) is 12.4 Å². The molecule has 0 spiro atoms. The van der Waals surface area contributed by atoms with E-state index in [2.05, 4.69) is 74.5 Å². The van der Waals surface area contributed by atoms with Crippen molar-refractivity contribution >= 4 is 0 Å². The van der Waals surface area contributed by atoms with Crippen molar-refractivity contribution in [2.75, 3.05) is 0 Å². The lowest BCUT2D eigenvalue weighted by Gasteiger charge is -2.37. The van der Waals surface area contributed by atoms with Crippen LogP contribution in [0.4, 0.5) is 0 Å². The van der Waals surface area contributed by atoms with E-state index in [1.807, 2.05) is 42.2 Å². The molecule has 3 aromatic carbocycles. The Kier molecular flexibility index (Phi) is 5.08. The Bertz CT molecular complexity index is 1020. The molecule has 146 valence electrons. The van der Waals surface area contributed by atoms with Gasteiger partial charge in [0.1, 0.15) is 5.54 Å². The summed E-state index contributed by atoms with van der Waals surface area (Å²) >= 11 is 0. The SMILES string of the molecule is Cc1cc(C(c2ccccc2)(c2ccccc2)n2cccn2)cc(C)c1C(C)O. The fourth-order valence-electron chi connectivity index (χ4n) is 4.57. The molecule has 1 atom stereocenters. The van der Waals surface area contributed by atoms with Crippen molar-refractivity contribution in [2.45, 2.75) is 32.4 Å². The Morgan fingerprint density at radius 1 is 0.793 bits per heavy atom. The normalized spacial score (nSPS) is 12.7. The van der Waals surface area contributed by atoms with E-state index < -0.39 is 11.6 Å². The van der Waals surface area contributed by atoms with Crippen LogP contribution in [0, 0.1) is 13.8 Å². The van der Waals surface area contributed by atoms with Crippen LogP contribution in [-0.2, 0) is 5.54 Å². The second-order valence-corrected chi connectivity index (χ2v) is 7.59. The molecule has 4 aromatic rings. The van der Waals surface area contributed by atoms with Crippen LogP contribution in [0.3, 0.4) is 0 Å². The molecule has 4 rings (SSSR count). The molecule has 1 heterocycles. The number of aliphatic hydroxyl groups excluding tert-OH is 1. The Balaban J connectivity index is 2.12. The Labute approximate surface area is 172 Å². The molecule has 0 bridgehead atoms. The molecule has 29 heavy (non-hydrogen) atoms. The molecule has 0 radical (unpaired) electrons. The zero-order valence-corrected chi connectivity index (χ0v) is 17.1. The maximum absolute atomic E-state index is 10.3. The maximum atomic E-state index is 10.3. The average Bonchev–Trinajstić information content (AvgIpc) is 3.24. The van der Waals surface area contributed by atoms with Gasteiger partial charge in [-0.25, -0.2) is 0 Å². The van der Waals surface area contributed by atoms with Crippen LogP contribution in [-0.4, -0.2) is 14.9 Å². The van der Waals surface area contributed by atoms with Crippen LogP contribution in [0.2, 0.25) is 0 Å². The number of hydrogen-bond acceptors (Lipinski definition) is 2. The fraction of sp³-hybridized carbons (Fsp3) is 0.192. The van der Waals surface area contributed by atoms with E-state index in [4.69, 9.17) is 5.10 Å². The van der Waals surface area contributed by atoms with Gasteiger partial charge in [0.15, 0.2) is 0 Å². The van der Waals surface area contributed by atoms with E-state index in [-0.39, 0.29) is 0 Å². The molecule has 1 unspecified atom stereocenters. The van der Waals surface area contributed by atoms with Gasteiger partial charge >= 0.3 is 0 Å². The number of hydrogen-bond donors (Lipinski definition) is 1. The van der Waals surface area contributed by atoms with Crippen molar-refractivity contribution in [3.63, 3.8) is 0 Å². The predicted octanol–water partition coefficient (Wildman–Crippen LogP) is 5.39. The fourth-order valence-corrected chi connectivity index (χ4v) is 4.57. The van der Waals surface area contributed by atoms with Gasteiger partial charge < -0.3 is 5.11 Å². The number of aliphatic hydroxyl groups is 1. The highest BCUT2D eigenvalue weighted by Gasteiger charge is 2.39. The highest BCUT2D eigenvalue weighted by Crippen LogP contribution is 2.41. The number of aromatic nitrogens is 2. The van der Waals surface area contributed by atoms with Gasteiger partial charge in [0.05, 0.1) is 6.10 Å². The van der Waals surface area contributed by atoms with Crippen molar-refractivity contribution < 1.29 is 5.11 Å². The number of nitrogens with zero attached hydrogens (tertiary/aromatic N) is 2. The predicted molar refractivity (Wildman–Crippen MR) is 117 cm³/mol. The van der Waals surface area contributed by atoms with Crippen LogP contribution in [0.5, 0.6) is 0 Å². The molecule has 1 aromatic heterocycles. The second kappa shape index (κ2) is 7.69. The van der Waals surface area contributed by atoms with E-state index in [0.717, 1.165) is 33.4 Å². The first-order chi connectivity index (χ1) is 14.0. The van der Waals surface area contributed by atoms with Crippen molar-refractivity contribution in [2.24, 2.45) is 0 Å². The lowest BCUT2D eigenvalue weighted by Crippen LogP contribution is -2.38. The Morgan fingerprint density at radius 2 is 1.31 bits per heavy atom. The maximum Gasteiger partial charge on any atom is 0.138 e. The van der Waals surface area contributed by atoms with E-state index >= 15 is 0 Å². The first kappa shape index (κ1) is 19.2. The highest BCUT2D eigenvalue weighted by molar-refractivity contribution is 5.53. The van der Waals surface area contributed by atoms with Crippen molar-refractivity contribution in [3.8, 4) is 0 Å². The van der Waals surface area contributed by atoms with Crippen LogP contribution in [0.15, 0.2) is 91.3 Å². The lowest BCUT2D eigenvalue weighted by atomic mass is 9.75. The van der Waals surface area contributed by atoms with Gasteiger partial charge in [0.2, 0.25) is 0 Å². The third-order valence-corrected chi connectivity index (χ3v) is 5.66. The van der Waals surface area contributed by atoms with E-state index in [1.165, 1.54) is 0 Å². The van der Waals surface area contributed by atoms with Gasteiger partial charge in [-0.3, -0.25) is 4.68 Å². The molecule has 0 fully saturated rings. The summed E-state index contributed by atoms with van der Waals surface area (Å²) in [6.07, 6.45) is 3.34. The van der Waals surface area contributed by atoms with Crippen LogP contribution in [0.1, 0.15) is 46.4 Å². The number of benzene rings is 3. The van der Waals surface area contributed by atoms with Gasteiger partial charge in [-0.2, -0.15) is 5.10 Å². The van der Waals surface area contributed by atoms with Gasteiger partial charge in [-0.05, 0) is 60.2 Å². The van der Waals surface area contributed by atoms with E-state index in [1.54, 1.807) is 0 Å². The van der Waals surface area contributed by atoms with Gasteiger partial charge in [-0.1, -0.05) is 72.8 Å². The third-order valence-electron chi connectivity index (χ3n) is 5.66. The monoisotopic (exact) mass is 382 g/mol. The van der Waals surface area contributed by atoms with Crippen LogP contribution in [0.25, 0.3) is 0 Å². The second-order valence-electron chi connectivity index (χ2n) is 7.59. The summed E-state index contributed by atoms with van der Waals surface area (Å²) in [5.41, 5.74) is 5.94.